The second-order valence-corrected chi connectivity index (χ2v) is 9.20. The minimum absolute atomic E-state index is 0.0389. The van der Waals surface area contributed by atoms with Crippen molar-refractivity contribution in [3.63, 3.8) is 0 Å². The molecule has 178 valence electrons. The molecule has 0 spiro atoms. The Bertz CT molecular complexity index is 1290. The Morgan fingerprint density at radius 1 is 0.971 bits per heavy atom. The SMILES string of the molecule is COc1ccc(CN2C(=S)N[C@H](c3ccccn3)[C@@H]2c2cccn2-c2ccc(N(C)C)cc2)cc1. The fraction of sp³-hybridized carbons (Fsp3) is 0.214. The van der Waals surface area contributed by atoms with Gasteiger partial charge in [0, 0.05) is 50.1 Å². The molecule has 0 amide bonds. The number of ether oxygens (including phenoxy) is 1. The zero-order chi connectivity index (χ0) is 24.4. The molecule has 1 aliphatic rings. The number of nitrogens with one attached hydrogen (secondary N) is 1. The third-order valence-corrected chi connectivity index (χ3v) is 6.79. The van der Waals surface area contributed by atoms with Crippen molar-refractivity contribution in [2.75, 3.05) is 26.1 Å². The lowest BCUT2D eigenvalue weighted by Gasteiger charge is -2.29. The average Bonchev–Trinajstić information content (AvgIpc) is 3.49. The molecule has 1 fully saturated rings. The first-order valence-corrected chi connectivity index (χ1v) is 12.0. The van der Waals surface area contributed by atoms with Crippen molar-refractivity contribution in [1.29, 1.82) is 0 Å². The van der Waals surface area contributed by atoms with Gasteiger partial charge in [-0.3, -0.25) is 4.98 Å². The third-order valence-electron chi connectivity index (χ3n) is 6.44. The molecule has 0 aliphatic carbocycles. The smallest absolute Gasteiger partial charge is 0.170 e. The van der Waals surface area contributed by atoms with Gasteiger partial charge >= 0.3 is 0 Å². The number of benzene rings is 2. The average molecular weight is 484 g/mol. The molecule has 2 aromatic heterocycles. The number of thiocarbonyl (C=S) groups is 1. The van der Waals surface area contributed by atoms with Crippen LogP contribution in [0.1, 0.15) is 29.0 Å². The maximum absolute atomic E-state index is 5.87. The molecule has 7 heteroatoms. The second kappa shape index (κ2) is 9.80. The van der Waals surface area contributed by atoms with E-state index in [4.69, 9.17) is 17.0 Å². The maximum atomic E-state index is 5.87. The number of pyridine rings is 1. The van der Waals surface area contributed by atoms with Crippen molar-refractivity contribution in [3.8, 4) is 11.4 Å². The lowest BCUT2D eigenvalue weighted by atomic mass is 10.0. The molecule has 3 heterocycles. The van der Waals surface area contributed by atoms with Gasteiger partial charge in [0.2, 0.25) is 0 Å². The molecule has 5 rings (SSSR count). The number of nitrogens with zero attached hydrogens (tertiary/aromatic N) is 4. The van der Waals surface area contributed by atoms with Gasteiger partial charge in [0.05, 0.1) is 24.9 Å². The van der Waals surface area contributed by atoms with Crippen LogP contribution in [0.2, 0.25) is 0 Å². The summed E-state index contributed by atoms with van der Waals surface area (Å²) in [7, 11) is 5.78. The van der Waals surface area contributed by atoms with Gasteiger partial charge in [-0.15, -0.1) is 0 Å². The van der Waals surface area contributed by atoms with Crippen LogP contribution in [-0.2, 0) is 6.54 Å². The fourth-order valence-electron chi connectivity index (χ4n) is 4.61. The second-order valence-electron chi connectivity index (χ2n) is 8.82. The predicted octanol–water partition coefficient (Wildman–Crippen LogP) is 5.12. The van der Waals surface area contributed by atoms with Gasteiger partial charge in [-0.25, -0.2) is 0 Å². The molecule has 2 atom stereocenters. The Morgan fingerprint density at radius 3 is 2.40 bits per heavy atom. The van der Waals surface area contributed by atoms with E-state index in [1.54, 1.807) is 7.11 Å². The van der Waals surface area contributed by atoms with E-state index >= 15 is 0 Å². The molecule has 2 aromatic carbocycles. The monoisotopic (exact) mass is 483 g/mol. The topological polar surface area (TPSA) is 45.6 Å². The highest BCUT2D eigenvalue weighted by atomic mass is 32.1. The molecular formula is C28H29N5OS. The summed E-state index contributed by atoms with van der Waals surface area (Å²) in [5.41, 5.74) is 5.55. The highest BCUT2D eigenvalue weighted by molar-refractivity contribution is 7.80. The van der Waals surface area contributed by atoms with Crippen LogP contribution in [0.5, 0.6) is 5.75 Å². The lowest BCUT2D eigenvalue weighted by molar-refractivity contribution is 0.302. The van der Waals surface area contributed by atoms with E-state index in [-0.39, 0.29) is 12.1 Å². The van der Waals surface area contributed by atoms with Gasteiger partial charge < -0.3 is 24.4 Å². The standard InChI is InChI=1S/C28H29N5OS/c1-31(2)21-11-13-22(14-12-21)32-18-6-8-25(32)27-26(24-7-4-5-17-29-24)30-28(35)33(27)19-20-9-15-23(34-3)16-10-20/h4-18,26-27H,19H2,1-3H3,(H,30,35)/t26-,27+/m1/s1. The van der Waals surface area contributed by atoms with Crippen molar-refractivity contribution in [3.05, 3.63) is 108 Å². The molecule has 4 aromatic rings. The van der Waals surface area contributed by atoms with Crippen molar-refractivity contribution in [1.82, 2.24) is 19.8 Å². The van der Waals surface area contributed by atoms with Crippen LogP contribution in [0, 0.1) is 0 Å². The number of aromatic nitrogens is 2. The third kappa shape index (κ3) is 4.59. The Kier molecular flexibility index (Phi) is 6.42. The first-order valence-electron chi connectivity index (χ1n) is 11.6. The predicted molar refractivity (Wildman–Crippen MR) is 144 cm³/mol. The van der Waals surface area contributed by atoms with E-state index in [0.29, 0.717) is 6.54 Å². The summed E-state index contributed by atoms with van der Waals surface area (Å²) in [6.45, 7) is 0.675. The van der Waals surface area contributed by atoms with Crippen LogP contribution in [-0.4, -0.2) is 40.8 Å². The van der Waals surface area contributed by atoms with Gasteiger partial charge in [0.1, 0.15) is 5.75 Å². The van der Waals surface area contributed by atoms with Crippen LogP contribution in [0.25, 0.3) is 5.69 Å². The summed E-state index contributed by atoms with van der Waals surface area (Å²) in [4.78, 5) is 9.04. The summed E-state index contributed by atoms with van der Waals surface area (Å²) in [5, 5.41) is 4.27. The van der Waals surface area contributed by atoms with Crippen molar-refractivity contribution in [2.24, 2.45) is 0 Å². The van der Waals surface area contributed by atoms with Gasteiger partial charge in [-0.2, -0.15) is 0 Å². The summed E-state index contributed by atoms with van der Waals surface area (Å²) >= 11 is 5.87. The quantitative estimate of drug-likeness (QED) is 0.368. The van der Waals surface area contributed by atoms with E-state index in [1.165, 1.54) is 5.69 Å². The zero-order valence-corrected chi connectivity index (χ0v) is 20.9. The largest absolute Gasteiger partial charge is 0.497 e. The number of anilines is 1. The Morgan fingerprint density at radius 2 is 1.74 bits per heavy atom. The number of hydrogen-bond acceptors (Lipinski definition) is 4. The molecule has 1 aliphatic heterocycles. The minimum atomic E-state index is -0.0725. The van der Waals surface area contributed by atoms with Crippen LogP contribution in [0.3, 0.4) is 0 Å². The first kappa shape index (κ1) is 22.9. The van der Waals surface area contributed by atoms with E-state index in [1.807, 2.05) is 30.5 Å². The van der Waals surface area contributed by atoms with Gasteiger partial charge in [0.25, 0.3) is 0 Å². The van der Waals surface area contributed by atoms with Gasteiger partial charge in [-0.05, 0) is 78.4 Å². The molecule has 0 bridgehead atoms. The molecule has 0 radical (unpaired) electrons. The van der Waals surface area contributed by atoms with Crippen LogP contribution < -0.4 is 15.0 Å². The minimum Gasteiger partial charge on any atom is -0.497 e. The van der Waals surface area contributed by atoms with Crippen LogP contribution in [0.15, 0.2) is 91.3 Å². The molecule has 35 heavy (non-hydrogen) atoms. The summed E-state index contributed by atoms with van der Waals surface area (Å²) in [6.07, 6.45) is 3.95. The molecule has 0 saturated carbocycles. The van der Waals surface area contributed by atoms with Crippen molar-refractivity contribution < 1.29 is 4.74 Å². The van der Waals surface area contributed by atoms with Gasteiger partial charge in [0.15, 0.2) is 5.11 Å². The molecule has 1 N–H and O–H groups in total. The summed E-state index contributed by atoms with van der Waals surface area (Å²) < 4.78 is 7.58. The van der Waals surface area contributed by atoms with E-state index < -0.39 is 0 Å². The highest BCUT2D eigenvalue weighted by Crippen LogP contribution is 2.40. The molecule has 1 saturated heterocycles. The number of methoxy groups -OCH3 is 1. The normalized spacial score (nSPS) is 17.3. The molecule has 6 nitrogen and oxygen atoms in total. The van der Waals surface area contributed by atoms with E-state index in [0.717, 1.165) is 33.5 Å². The van der Waals surface area contributed by atoms with Crippen LogP contribution in [0.4, 0.5) is 5.69 Å². The van der Waals surface area contributed by atoms with E-state index in [9.17, 15) is 0 Å². The summed E-state index contributed by atoms with van der Waals surface area (Å²) in [5.74, 6) is 0.842. The maximum Gasteiger partial charge on any atom is 0.170 e. The zero-order valence-electron chi connectivity index (χ0n) is 20.1. The number of hydrogen-bond donors (Lipinski definition) is 1. The van der Waals surface area contributed by atoms with Gasteiger partial charge in [-0.1, -0.05) is 18.2 Å². The Hall–Kier alpha value is -3.84. The molecule has 0 unspecified atom stereocenters. The van der Waals surface area contributed by atoms with Crippen molar-refractivity contribution >= 4 is 23.0 Å². The Balaban J connectivity index is 1.55. The summed E-state index contributed by atoms with van der Waals surface area (Å²) in [6, 6.07) is 26.9. The van der Waals surface area contributed by atoms with Crippen LogP contribution >= 0.6 is 12.2 Å². The first-order chi connectivity index (χ1) is 17.0. The highest BCUT2D eigenvalue weighted by Gasteiger charge is 2.41. The van der Waals surface area contributed by atoms with Crippen molar-refractivity contribution in [2.45, 2.75) is 18.6 Å². The lowest BCUT2D eigenvalue weighted by Crippen LogP contribution is -2.30. The molecular weight excluding hydrogens is 454 g/mol. The number of rotatable bonds is 7. The fourth-order valence-corrected chi connectivity index (χ4v) is 4.91. The Labute approximate surface area is 211 Å². The van der Waals surface area contributed by atoms with E-state index in [2.05, 4.69) is 99.6 Å².